The van der Waals surface area contributed by atoms with Gasteiger partial charge in [-0.25, -0.2) is 14.2 Å². The summed E-state index contributed by atoms with van der Waals surface area (Å²) < 4.78 is 16.9. The zero-order chi connectivity index (χ0) is 19.9. The number of hydrogen-bond acceptors (Lipinski definition) is 6. The zero-order valence-corrected chi connectivity index (χ0v) is 15.8. The molecule has 0 saturated carbocycles. The highest BCUT2D eigenvalue weighted by Crippen LogP contribution is 2.25. The van der Waals surface area contributed by atoms with Gasteiger partial charge in [-0.3, -0.25) is 13.9 Å². The molecule has 0 aliphatic rings. The summed E-state index contributed by atoms with van der Waals surface area (Å²) in [7, 11) is 2.79. The van der Waals surface area contributed by atoms with E-state index in [0.717, 1.165) is 22.4 Å². The maximum atomic E-state index is 13.3. The van der Waals surface area contributed by atoms with Gasteiger partial charge in [-0.05, 0) is 17.7 Å². The molecule has 1 aromatic carbocycles. The molecule has 0 spiro atoms. The van der Waals surface area contributed by atoms with Gasteiger partial charge in [0.2, 0.25) is 0 Å². The average Bonchev–Trinajstić information content (AvgIpc) is 2.97. The molecule has 11 heteroatoms. The van der Waals surface area contributed by atoms with Gasteiger partial charge in [0.05, 0.1) is 12.5 Å². The lowest BCUT2D eigenvalue weighted by Gasteiger charge is -2.11. The minimum atomic E-state index is -1.31. The number of aliphatic carboxylic acids is 1. The summed E-state index contributed by atoms with van der Waals surface area (Å²) in [5.41, 5.74) is -0.417. The maximum Gasteiger partial charge on any atom is 0.332 e. The van der Waals surface area contributed by atoms with Crippen LogP contribution in [0.5, 0.6) is 0 Å². The standard InChI is InChI=1S/C16H14ClFN4O4S/c1-20-13-12(14(25)21(2)16(20)26)22(15(19-13)27-7-11(23)24)6-8-3-4-9(18)5-10(8)17/h3-5H,6-7H2,1-2H3,(H,23,24)/p-1. The number of thioether (sulfide) groups is 1. The van der Waals surface area contributed by atoms with E-state index in [1.807, 2.05) is 0 Å². The summed E-state index contributed by atoms with van der Waals surface area (Å²) in [6, 6.07) is 3.82. The summed E-state index contributed by atoms with van der Waals surface area (Å²) in [5.74, 6) is -2.21. The Hall–Kier alpha value is -2.59. The van der Waals surface area contributed by atoms with Gasteiger partial charge in [0.25, 0.3) is 5.56 Å². The molecular weight excluding hydrogens is 399 g/mol. The maximum absolute atomic E-state index is 13.3. The van der Waals surface area contributed by atoms with Crippen LogP contribution in [0.1, 0.15) is 5.56 Å². The molecule has 0 unspecified atom stereocenters. The lowest BCUT2D eigenvalue weighted by molar-refractivity contribution is -0.301. The Morgan fingerprint density at radius 1 is 1.30 bits per heavy atom. The number of hydrogen-bond donors (Lipinski definition) is 0. The van der Waals surface area contributed by atoms with Gasteiger partial charge in [0.1, 0.15) is 5.82 Å². The lowest BCUT2D eigenvalue weighted by atomic mass is 10.2. The molecule has 2 heterocycles. The van der Waals surface area contributed by atoms with Crippen LogP contribution in [-0.4, -0.2) is 30.4 Å². The highest BCUT2D eigenvalue weighted by atomic mass is 35.5. The second kappa shape index (κ2) is 7.20. The fourth-order valence-corrected chi connectivity index (χ4v) is 3.56. The number of carbonyl (C=O) groups excluding carboxylic acids is 1. The van der Waals surface area contributed by atoms with E-state index in [-0.39, 0.29) is 27.9 Å². The topological polar surface area (TPSA) is 102 Å². The first-order valence-corrected chi connectivity index (χ1v) is 9.00. The van der Waals surface area contributed by atoms with Crippen molar-refractivity contribution in [2.24, 2.45) is 14.1 Å². The molecule has 0 amide bonds. The van der Waals surface area contributed by atoms with Crippen LogP contribution < -0.4 is 16.4 Å². The van der Waals surface area contributed by atoms with Gasteiger partial charge in [-0.2, -0.15) is 0 Å². The van der Waals surface area contributed by atoms with E-state index in [1.54, 1.807) is 0 Å². The summed E-state index contributed by atoms with van der Waals surface area (Å²) in [6.45, 7) is 0.0401. The van der Waals surface area contributed by atoms with Crippen molar-refractivity contribution >= 4 is 40.5 Å². The van der Waals surface area contributed by atoms with E-state index in [2.05, 4.69) is 4.98 Å². The predicted molar refractivity (Wildman–Crippen MR) is 96.5 cm³/mol. The molecule has 0 bridgehead atoms. The Bertz CT molecular complexity index is 1180. The smallest absolute Gasteiger partial charge is 0.332 e. The number of rotatable bonds is 5. The number of carbonyl (C=O) groups is 1. The summed E-state index contributed by atoms with van der Waals surface area (Å²) in [4.78, 5) is 39.9. The van der Waals surface area contributed by atoms with Crippen LogP contribution in [0.2, 0.25) is 5.02 Å². The van der Waals surface area contributed by atoms with Crippen molar-refractivity contribution in [1.82, 2.24) is 18.7 Å². The Morgan fingerprint density at radius 3 is 2.63 bits per heavy atom. The third-order valence-corrected chi connectivity index (χ3v) is 5.28. The summed E-state index contributed by atoms with van der Waals surface area (Å²) in [5, 5.41) is 11.2. The van der Waals surface area contributed by atoms with Crippen LogP contribution in [0.3, 0.4) is 0 Å². The quantitative estimate of drug-likeness (QED) is 0.552. The summed E-state index contributed by atoms with van der Waals surface area (Å²) in [6.07, 6.45) is 0. The van der Waals surface area contributed by atoms with Crippen LogP contribution in [0.25, 0.3) is 11.2 Å². The second-order valence-corrected chi connectivity index (χ2v) is 7.10. The number of fused-ring (bicyclic) bond motifs is 1. The minimum absolute atomic E-state index is 0.0401. The van der Waals surface area contributed by atoms with Crippen molar-refractivity contribution in [2.45, 2.75) is 11.7 Å². The first-order chi connectivity index (χ1) is 12.7. The van der Waals surface area contributed by atoms with Gasteiger partial charge in [0.15, 0.2) is 16.3 Å². The normalized spacial score (nSPS) is 11.3. The summed E-state index contributed by atoms with van der Waals surface area (Å²) >= 11 is 6.93. The molecule has 8 nitrogen and oxygen atoms in total. The van der Waals surface area contributed by atoms with Gasteiger partial charge >= 0.3 is 5.69 Å². The van der Waals surface area contributed by atoms with Crippen molar-refractivity contribution in [1.29, 1.82) is 0 Å². The Balaban J connectivity index is 2.26. The third-order valence-electron chi connectivity index (χ3n) is 3.98. The Labute approximate surface area is 160 Å². The molecule has 3 aromatic rings. The van der Waals surface area contributed by atoms with Gasteiger partial charge in [0, 0.05) is 24.9 Å². The van der Waals surface area contributed by atoms with Crippen molar-refractivity contribution in [3.63, 3.8) is 0 Å². The van der Waals surface area contributed by atoms with Crippen molar-refractivity contribution in [2.75, 3.05) is 5.75 Å². The van der Waals surface area contributed by atoms with Gasteiger partial charge in [-0.15, -0.1) is 0 Å². The van der Waals surface area contributed by atoms with Crippen LogP contribution in [0, 0.1) is 5.82 Å². The number of imidazole rings is 1. The lowest BCUT2D eigenvalue weighted by Crippen LogP contribution is -2.37. The molecule has 3 rings (SSSR count). The van der Waals surface area contributed by atoms with E-state index in [0.29, 0.717) is 5.56 Å². The molecular formula is C16H13ClFN4O4S-. The first kappa shape index (κ1) is 19.2. The SMILES string of the molecule is Cn1c(=O)c2c(nc(SCC(=O)[O-])n2Cc2ccc(F)cc2Cl)n(C)c1=O. The molecule has 142 valence electrons. The molecule has 0 atom stereocenters. The molecule has 0 fully saturated rings. The number of aromatic nitrogens is 4. The van der Waals surface area contributed by atoms with Crippen LogP contribution in [0.4, 0.5) is 4.39 Å². The van der Waals surface area contributed by atoms with Crippen LogP contribution in [-0.2, 0) is 25.4 Å². The van der Waals surface area contributed by atoms with Crippen LogP contribution >= 0.6 is 23.4 Å². The predicted octanol–water partition coefficient (Wildman–Crippen LogP) is 0.116. The largest absolute Gasteiger partial charge is 0.549 e. The first-order valence-electron chi connectivity index (χ1n) is 7.63. The van der Waals surface area contributed by atoms with E-state index < -0.39 is 28.8 Å². The van der Waals surface area contributed by atoms with Crippen molar-refractivity contribution in [3.8, 4) is 0 Å². The van der Waals surface area contributed by atoms with E-state index in [9.17, 15) is 23.9 Å². The minimum Gasteiger partial charge on any atom is -0.549 e. The molecule has 0 saturated heterocycles. The number of nitrogens with zero attached hydrogens (tertiary/aromatic N) is 4. The Morgan fingerprint density at radius 2 is 2.00 bits per heavy atom. The van der Waals surface area contributed by atoms with E-state index >= 15 is 0 Å². The monoisotopic (exact) mass is 411 g/mol. The number of carboxylic acid groups (broad SMARTS) is 1. The molecule has 0 radical (unpaired) electrons. The molecule has 0 aliphatic heterocycles. The number of aryl methyl sites for hydroxylation is 1. The average molecular weight is 412 g/mol. The fraction of sp³-hybridized carbons (Fsp3) is 0.250. The highest BCUT2D eigenvalue weighted by molar-refractivity contribution is 7.99. The van der Waals surface area contributed by atoms with Gasteiger partial charge < -0.3 is 14.5 Å². The van der Waals surface area contributed by atoms with E-state index in [1.165, 1.54) is 35.4 Å². The number of halogens is 2. The molecule has 2 aromatic heterocycles. The Kier molecular flexibility index (Phi) is 5.11. The number of benzene rings is 1. The molecule has 0 aliphatic carbocycles. The fourth-order valence-electron chi connectivity index (χ4n) is 2.63. The number of carboxylic acids is 1. The molecule has 0 N–H and O–H groups in total. The third kappa shape index (κ3) is 3.50. The van der Waals surface area contributed by atoms with Crippen molar-refractivity contribution in [3.05, 3.63) is 55.4 Å². The highest BCUT2D eigenvalue weighted by Gasteiger charge is 2.20. The van der Waals surface area contributed by atoms with Crippen LogP contribution in [0.15, 0.2) is 32.9 Å². The van der Waals surface area contributed by atoms with Crippen molar-refractivity contribution < 1.29 is 14.3 Å². The molecule has 27 heavy (non-hydrogen) atoms. The van der Waals surface area contributed by atoms with E-state index in [4.69, 9.17) is 11.6 Å². The second-order valence-electron chi connectivity index (χ2n) is 5.75. The zero-order valence-electron chi connectivity index (χ0n) is 14.2. The van der Waals surface area contributed by atoms with Gasteiger partial charge in [-0.1, -0.05) is 29.4 Å².